The monoisotopic (exact) mass is 286 g/mol. The van der Waals surface area contributed by atoms with Gasteiger partial charge in [-0.2, -0.15) is 0 Å². The van der Waals surface area contributed by atoms with Gasteiger partial charge in [0.2, 0.25) is 0 Å². The second-order valence-electron chi connectivity index (χ2n) is 7.62. The number of hydrogen-bond donors (Lipinski definition) is 1. The molecule has 0 saturated heterocycles. The highest BCUT2D eigenvalue weighted by atomic mass is 16.3. The Morgan fingerprint density at radius 2 is 1.52 bits per heavy atom. The minimum atomic E-state index is -0.241. The van der Waals surface area contributed by atoms with Gasteiger partial charge in [0.05, 0.1) is 6.10 Å². The lowest BCUT2D eigenvalue weighted by Gasteiger charge is -2.35. The van der Waals surface area contributed by atoms with Gasteiger partial charge >= 0.3 is 0 Å². The van der Waals surface area contributed by atoms with Crippen LogP contribution in [0.15, 0.2) is 24.3 Å². The quantitative estimate of drug-likeness (QED) is 0.780. The molecule has 0 amide bonds. The molecule has 1 N–H and O–H groups in total. The second-order valence-corrected chi connectivity index (χ2v) is 7.62. The molecular formula is C20H30O. The van der Waals surface area contributed by atoms with E-state index in [1.165, 1.54) is 56.1 Å². The highest BCUT2D eigenvalue weighted by Crippen LogP contribution is 2.44. The maximum atomic E-state index is 10.9. The average molecular weight is 286 g/mol. The van der Waals surface area contributed by atoms with E-state index >= 15 is 0 Å². The predicted molar refractivity (Wildman–Crippen MR) is 88.3 cm³/mol. The van der Waals surface area contributed by atoms with Crippen LogP contribution in [0.3, 0.4) is 0 Å². The molecule has 2 fully saturated rings. The molecule has 3 rings (SSSR count). The van der Waals surface area contributed by atoms with Crippen LogP contribution in [0, 0.1) is 17.8 Å². The number of benzene rings is 1. The number of hydrogen-bond acceptors (Lipinski definition) is 1. The summed E-state index contributed by atoms with van der Waals surface area (Å²) in [6.07, 6.45) is 8.72. The highest BCUT2D eigenvalue weighted by Gasteiger charge is 2.31. The third-order valence-corrected chi connectivity index (χ3v) is 6.07. The van der Waals surface area contributed by atoms with E-state index in [0.717, 1.165) is 11.8 Å². The van der Waals surface area contributed by atoms with Crippen LogP contribution in [0.2, 0.25) is 0 Å². The molecule has 2 aliphatic carbocycles. The molecule has 21 heavy (non-hydrogen) atoms. The zero-order valence-electron chi connectivity index (χ0n) is 13.6. The smallest absolute Gasteiger partial charge is 0.0820 e. The first-order valence-electron chi connectivity index (χ1n) is 8.93. The summed E-state index contributed by atoms with van der Waals surface area (Å²) in [5, 5.41) is 10.9. The Bertz CT molecular complexity index is 453. The largest absolute Gasteiger partial charge is 0.388 e. The van der Waals surface area contributed by atoms with Crippen molar-refractivity contribution >= 4 is 0 Å². The first-order valence-corrected chi connectivity index (χ1v) is 8.93. The van der Waals surface area contributed by atoms with Gasteiger partial charge in [-0.3, -0.25) is 0 Å². The van der Waals surface area contributed by atoms with Crippen LogP contribution in [-0.2, 0) is 0 Å². The molecular weight excluding hydrogens is 256 g/mol. The normalized spacial score (nSPS) is 28.4. The Kier molecular flexibility index (Phi) is 4.69. The van der Waals surface area contributed by atoms with Crippen LogP contribution in [0.5, 0.6) is 0 Å². The summed E-state index contributed by atoms with van der Waals surface area (Å²) >= 11 is 0. The van der Waals surface area contributed by atoms with Crippen LogP contribution >= 0.6 is 0 Å². The Labute approximate surface area is 129 Å². The van der Waals surface area contributed by atoms with Crippen molar-refractivity contribution in [2.24, 2.45) is 17.8 Å². The van der Waals surface area contributed by atoms with Gasteiger partial charge < -0.3 is 5.11 Å². The first-order chi connectivity index (χ1) is 10.2. The molecule has 1 heteroatoms. The van der Waals surface area contributed by atoms with Gasteiger partial charge in [-0.05, 0) is 73.3 Å². The summed E-state index contributed by atoms with van der Waals surface area (Å²) in [7, 11) is 0. The van der Waals surface area contributed by atoms with Crippen molar-refractivity contribution in [2.45, 2.75) is 70.8 Å². The van der Waals surface area contributed by atoms with E-state index in [-0.39, 0.29) is 6.10 Å². The fourth-order valence-electron chi connectivity index (χ4n) is 4.25. The van der Waals surface area contributed by atoms with Crippen LogP contribution in [0.4, 0.5) is 0 Å². The zero-order chi connectivity index (χ0) is 14.8. The molecule has 1 aromatic carbocycles. The molecule has 0 aliphatic heterocycles. The Morgan fingerprint density at radius 3 is 2.10 bits per heavy atom. The fourth-order valence-corrected chi connectivity index (χ4v) is 4.25. The molecule has 1 atom stereocenters. The highest BCUT2D eigenvalue weighted by molar-refractivity contribution is 5.33. The van der Waals surface area contributed by atoms with Crippen molar-refractivity contribution in [2.75, 3.05) is 0 Å². The number of rotatable bonds is 4. The van der Waals surface area contributed by atoms with Gasteiger partial charge in [-0.15, -0.1) is 0 Å². The van der Waals surface area contributed by atoms with Crippen LogP contribution in [0.1, 0.15) is 81.9 Å². The SMILES string of the molecule is CC(C)C1CCC(C(O)c2ccccc2C2CCC2)CC1. The van der Waals surface area contributed by atoms with Gasteiger partial charge in [0, 0.05) is 0 Å². The molecule has 116 valence electrons. The van der Waals surface area contributed by atoms with Crippen molar-refractivity contribution in [3.05, 3.63) is 35.4 Å². The van der Waals surface area contributed by atoms with Crippen molar-refractivity contribution in [3.8, 4) is 0 Å². The van der Waals surface area contributed by atoms with Crippen molar-refractivity contribution in [1.82, 2.24) is 0 Å². The number of aliphatic hydroxyl groups is 1. The summed E-state index contributed by atoms with van der Waals surface area (Å²) in [5.41, 5.74) is 2.66. The molecule has 0 spiro atoms. The van der Waals surface area contributed by atoms with E-state index in [2.05, 4.69) is 38.1 Å². The van der Waals surface area contributed by atoms with Crippen LogP contribution < -0.4 is 0 Å². The first kappa shape index (κ1) is 15.1. The summed E-state index contributed by atoms with van der Waals surface area (Å²) in [5.74, 6) is 2.85. The standard InChI is InChI=1S/C20H30O/c1-14(2)15-10-12-17(13-11-15)20(21)19-9-4-3-8-18(19)16-6-5-7-16/h3-4,8-9,14-17,20-21H,5-7,10-13H2,1-2H3. The van der Waals surface area contributed by atoms with Gasteiger partial charge in [0.15, 0.2) is 0 Å². The van der Waals surface area contributed by atoms with Gasteiger partial charge in [0.25, 0.3) is 0 Å². The van der Waals surface area contributed by atoms with E-state index in [1.54, 1.807) is 0 Å². The average Bonchev–Trinajstić information content (AvgIpc) is 2.45. The van der Waals surface area contributed by atoms with E-state index < -0.39 is 0 Å². The number of aliphatic hydroxyl groups excluding tert-OH is 1. The zero-order valence-corrected chi connectivity index (χ0v) is 13.6. The fraction of sp³-hybridized carbons (Fsp3) is 0.700. The molecule has 1 nitrogen and oxygen atoms in total. The molecule has 2 aliphatic rings. The van der Waals surface area contributed by atoms with Gasteiger partial charge in [-0.25, -0.2) is 0 Å². The Hall–Kier alpha value is -0.820. The minimum Gasteiger partial charge on any atom is -0.388 e. The van der Waals surface area contributed by atoms with Crippen LogP contribution in [-0.4, -0.2) is 5.11 Å². The molecule has 0 heterocycles. The Balaban J connectivity index is 1.69. The molecule has 1 aromatic rings. The van der Waals surface area contributed by atoms with Gasteiger partial charge in [0.1, 0.15) is 0 Å². The minimum absolute atomic E-state index is 0.241. The lowest BCUT2D eigenvalue weighted by molar-refractivity contribution is 0.0655. The third-order valence-electron chi connectivity index (χ3n) is 6.07. The lowest BCUT2D eigenvalue weighted by atomic mass is 9.72. The van der Waals surface area contributed by atoms with E-state index in [0.29, 0.717) is 11.8 Å². The van der Waals surface area contributed by atoms with E-state index in [1.807, 2.05) is 0 Å². The topological polar surface area (TPSA) is 20.2 Å². The van der Waals surface area contributed by atoms with Gasteiger partial charge in [-0.1, -0.05) is 44.5 Å². The Morgan fingerprint density at radius 1 is 0.905 bits per heavy atom. The molecule has 0 radical (unpaired) electrons. The maximum Gasteiger partial charge on any atom is 0.0820 e. The summed E-state index contributed by atoms with van der Waals surface area (Å²) in [6, 6.07) is 8.66. The molecule has 0 aromatic heterocycles. The molecule has 0 bridgehead atoms. The van der Waals surface area contributed by atoms with Crippen molar-refractivity contribution < 1.29 is 5.11 Å². The summed E-state index contributed by atoms with van der Waals surface area (Å²) < 4.78 is 0. The predicted octanol–water partition coefficient (Wildman–Crippen LogP) is 5.45. The summed E-state index contributed by atoms with van der Waals surface area (Å²) in [6.45, 7) is 4.68. The lowest BCUT2D eigenvalue weighted by Crippen LogP contribution is -2.24. The second kappa shape index (κ2) is 6.52. The molecule has 2 saturated carbocycles. The molecule has 1 unspecified atom stereocenters. The third kappa shape index (κ3) is 3.18. The van der Waals surface area contributed by atoms with E-state index in [9.17, 15) is 5.11 Å². The summed E-state index contributed by atoms with van der Waals surface area (Å²) in [4.78, 5) is 0. The maximum absolute atomic E-state index is 10.9. The van der Waals surface area contributed by atoms with Crippen LogP contribution in [0.25, 0.3) is 0 Å². The van der Waals surface area contributed by atoms with Crippen molar-refractivity contribution in [3.63, 3.8) is 0 Å². The van der Waals surface area contributed by atoms with Crippen molar-refractivity contribution in [1.29, 1.82) is 0 Å². The van der Waals surface area contributed by atoms with E-state index in [4.69, 9.17) is 0 Å².